The molecule has 0 bridgehead atoms. The molecule has 29 heavy (non-hydrogen) atoms. The molecule has 0 atom stereocenters. The van der Waals surface area contributed by atoms with Crippen LogP contribution >= 0.6 is 7.82 Å². The number of phosphoric acid groups is 1. The number of Topliss-reactive ketones (excluding diaryl/α,β-unsaturated/α-hetero) is 1. The number of phosphoric ester groups is 1. The Morgan fingerprint density at radius 2 is 1.10 bits per heavy atom. The number of aliphatic hydroxyl groups excluding tert-OH is 1. The molecule has 0 fully saturated rings. The standard InChI is InChI=1S/C17H35O5P.C3H6O3/c1-2-3-4-5-6-7-8-9-10-11-12-13-14-15-16-17(18)22-23(19,20)21;1-2(4)3(5)6/h2-16H2,1H3,(H2,19,20,21);3,5-6H,1H3/p-2. The largest absolute Gasteiger partial charge is 0.780 e. The first-order valence-corrected chi connectivity index (χ1v) is 12.2. The molecule has 0 aromatic carbocycles. The molecule has 0 radical (unpaired) electrons. The van der Waals surface area contributed by atoms with E-state index in [-0.39, 0.29) is 6.42 Å². The summed E-state index contributed by atoms with van der Waals surface area (Å²) < 4.78 is 14.0. The van der Waals surface area contributed by atoms with Gasteiger partial charge in [0.2, 0.25) is 6.29 Å². The number of hydrogen-bond donors (Lipinski definition) is 2. The van der Waals surface area contributed by atoms with Gasteiger partial charge in [0.05, 0.1) is 0 Å². The maximum absolute atomic E-state index is 11.0. The van der Waals surface area contributed by atoms with Crippen molar-refractivity contribution in [2.75, 3.05) is 0 Å². The first kappa shape index (κ1) is 30.4. The summed E-state index contributed by atoms with van der Waals surface area (Å²) in [5.41, 5.74) is 0. The van der Waals surface area contributed by atoms with Crippen molar-refractivity contribution in [3.05, 3.63) is 0 Å². The van der Waals surface area contributed by atoms with Crippen LogP contribution in [0, 0.1) is 0 Å². The summed E-state index contributed by atoms with van der Waals surface area (Å²) in [4.78, 5) is 41.1. The molecule has 9 heteroatoms. The molecule has 174 valence electrons. The van der Waals surface area contributed by atoms with Crippen molar-refractivity contribution in [3.63, 3.8) is 0 Å². The lowest BCUT2D eigenvalue weighted by atomic mass is 10.0. The molecule has 0 spiro atoms. The van der Waals surface area contributed by atoms with Gasteiger partial charge in [0.1, 0.15) is 7.82 Å². The van der Waals surface area contributed by atoms with Gasteiger partial charge in [0.25, 0.3) is 0 Å². The van der Waals surface area contributed by atoms with Gasteiger partial charge in [-0.1, -0.05) is 90.4 Å². The molecule has 2 N–H and O–H groups in total. The van der Waals surface area contributed by atoms with E-state index in [1.165, 1.54) is 64.2 Å². The van der Waals surface area contributed by atoms with Crippen LogP contribution in [0.4, 0.5) is 0 Å². The summed E-state index contributed by atoms with van der Waals surface area (Å²) >= 11 is 0. The predicted octanol–water partition coefficient (Wildman–Crippen LogP) is 3.12. The Bertz CT molecular complexity index is 448. The number of unbranched alkanes of at least 4 members (excludes halogenated alkanes) is 13. The predicted molar refractivity (Wildman–Crippen MR) is 108 cm³/mol. The van der Waals surface area contributed by atoms with Gasteiger partial charge in [-0.15, -0.1) is 0 Å². The second-order valence-electron chi connectivity index (χ2n) is 7.24. The highest BCUT2D eigenvalue weighted by Crippen LogP contribution is 2.25. The van der Waals surface area contributed by atoms with Crippen molar-refractivity contribution < 1.29 is 38.7 Å². The van der Waals surface area contributed by atoms with Crippen LogP contribution in [0.15, 0.2) is 0 Å². The summed E-state index contributed by atoms with van der Waals surface area (Å²) in [5.74, 6) is -1.56. The highest BCUT2D eigenvalue weighted by Gasteiger charge is 2.04. The third-order valence-electron chi connectivity index (χ3n) is 4.31. The molecule has 0 unspecified atom stereocenters. The van der Waals surface area contributed by atoms with E-state index in [0.717, 1.165) is 26.2 Å². The van der Waals surface area contributed by atoms with Crippen molar-refractivity contribution in [3.8, 4) is 0 Å². The van der Waals surface area contributed by atoms with Crippen LogP contribution in [0.5, 0.6) is 0 Å². The summed E-state index contributed by atoms with van der Waals surface area (Å²) in [7, 11) is -5.16. The molecule has 8 nitrogen and oxygen atoms in total. The third kappa shape index (κ3) is 29.5. The van der Waals surface area contributed by atoms with Crippen molar-refractivity contribution in [2.45, 2.75) is 116 Å². The second kappa shape index (κ2) is 20.5. The van der Waals surface area contributed by atoms with E-state index in [1.807, 2.05) is 0 Å². The van der Waals surface area contributed by atoms with E-state index < -0.39 is 25.9 Å². The molecule has 0 saturated carbocycles. The highest BCUT2D eigenvalue weighted by molar-refractivity contribution is 7.43. The summed E-state index contributed by atoms with van der Waals surface area (Å²) in [5, 5.41) is 15.7. The SMILES string of the molecule is CC(=O)C(O)O.CCCCCCCCCCCCCCCCC(=O)OP(=O)([O-])[O-]. The van der Waals surface area contributed by atoms with Crippen molar-refractivity contribution in [1.82, 2.24) is 0 Å². The normalized spacial score (nSPS) is 11.1. The van der Waals surface area contributed by atoms with E-state index in [0.29, 0.717) is 6.42 Å². The van der Waals surface area contributed by atoms with Gasteiger partial charge in [0.15, 0.2) is 5.78 Å². The molecule has 0 aliphatic rings. The zero-order valence-electron chi connectivity index (χ0n) is 18.0. The second-order valence-corrected chi connectivity index (χ2v) is 8.32. The van der Waals surface area contributed by atoms with E-state index in [2.05, 4.69) is 11.4 Å². The quantitative estimate of drug-likeness (QED) is 0.200. The molecule has 0 rings (SSSR count). The Morgan fingerprint density at radius 3 is 1.38 bits per heavy atom. The van der Waals surface area contributed by atoms with Gasteiger partial charge in [-0.05, 0) is 13.3 Å². The van der Waals surface area contributed by atoms with Gasteiger partial charge in [-0.25, -0.2) is 0 Å². The lowest BCUT2D eigenvalue weighted by Crippen LogP contribution is -2.19. The topological polar surface area (TPSA) is 147 Å². The first-order valence-electron chi connectivity index (χ1n) is 10.7. The van der Waals surface area contributed by atoms with E-state index in [9.17, 15) is 23.9 Å². The maximum atomic E-state index is 11.0. The van der Waals surface area contributed by atoms with Crippen molar-refractivity contribution in [2.24, 2.45) is 0 Å². The van der Waals surface area contributed by atoms with Crippen LogP contribution in [-0.2, 0) is 18.7 Å². The minimum Gasteiger partial charge on any atom is -0.780 e. The zero-order valence-corrected chi connectivity index (χ0v) is 18.9. The van der Waals surface area contributed by atoms with Gasteiger partial charge in [0, 0.05) is 6.42 Å². The molecule has 0 amide bonds. The molecule has 0 heterocycles. The number of hydrogen-bond acceptors (Lipinski definition) is 8. The Balaban J connectivity index is 0. The minimum absolute atomic E-state index is 0.00645. The Kier molecular flexibility index (Phi) is 21.5. The summed E-state index contributed by atoms with van der Waals surface area (Å²) in [6.07, 6.45) is 15.1. The van der Waals surface area contributed by atoms with Crippen LogP contribution in [0.3, 0.4) is 0 Å². The third-order valence-corrected chi connectivity index (χ3v) is 4.74. The van der Waals surface area contributed by atoms with Crippen LogP contribution in [-0.4, -0.2) is 28.3 Å². The molecular formula is C20H39O8P-2. The van der Waals surface area contributed by atoms with Crippen molar-refractivity contribution >= 4 is 19.6 Å². The molecular weight excluding hydrogens is 399 g/mol. The number of carbonyl (C=O) groups is 2. The van der Waals surface area contributed by atoms with E-state index in [4.69, 9.17) is 10.2 Å². The number of carbonyl (C=O) groups excluding carboxylic acids is 2. The molecule has 0 saturated heterocycles. The van der Waals surface area contributed by atoms with E-state index in [1.54, 1.807) is 0 Å². The fraction of sp³-hybridized carbons (Fsp3) is 0.900. The van der Waals surface area contributed by atoms with Gasteiger partial charge in [-0.2, -0.15) is 0 Å². The number of aliphatic hydroxyl groups is 2. The number of ketones is 1. The smallest absolute Gasteiger partial charge is 0.309 e. The average molecular weight is 438 g/mol. The molecule has 0 aromatic heterocycles. The number of rotatable bonds is 17. The fourth-order valence-corrected chi connectivity index (χ4v) is 2.97. The van der Waals surface area contributed by atoms with Gasteiger partial charge in [-0.3, -0.25) is 9.59 Å². The van der Waals surface area contributed by atoms with Crippen LogP contribution < -0.4 is 9.79 Å². The fourth-order valence-electron chi connectivity index (χ4n) is 2.63. The lowest BCUT2D eigenvalue weighted by molar-refractivity contribution is -0.337. The molecule has 0 aliphatic carbocycles. The average Bonchev–Trinajstić information content (AvgIpc) is 2.61. The minimum atomic E-state index is -5.16. The van der Waals surface area contributed by atoms with Gasteiger partial charge < -0.3 is 29.1 Å². The summed E-state index contributed by atoms with van der Waals surface area (Å²) in [6, 6.07) is 0. The first-order chi connectivity index (χ1) is 13.6. The lowest BCUT2D eigenvalue weighted by Gasteiger charge is -2.27. The highest BCUT2D eigenvalue weighted by atomic mass is 31.2. The summed E-state index contributed by atoms with van der Waals surface area (Å²) in [6.45, 7) is 3.34. The van der Waals surface area contributed by atoms with Crippen LogP contribution in [0.2, 0.25) is 0 Å². The van der Waals surface area contributed by atoms with Gasteiger partial charge >= 0.3 is 5.97 Å². The zero-order chi connectivity index (χ0) is 22.5. The van der Waals surface area contributed by atoms with Crippen molar-refractivity contribution in [1.29, 1.82) is 0 Å². The van der Waals surface area contributed by atoms with E-state index >= 15 is 0 Å². The molecule has 0 aliphatic heterocycles. The molecule has 0 aromatic rings. The van der Waals surface area contributed by atoms with Crippen LogP contribution in [0.25, 0.3) is 0 Å². The maximum Gasteiger partial charge on any atom is 0.309 e. The Labute approximate surface area is 175 Å². The van der Waals surface area contributed by atoms with Crippen LogP contribution in [0.1, 0.15) is 110 Å². The Hall–Kier alpha value is -0.790. The Morgan fingerprint density at radius 1 is 0.793 bits per heavy atom. The monoisotopic (exact) mass is 438 g/mol.